The summed E-state index contributed by atoms with van der Waals surface area (Å²) in [6.45, 7) is 2.02. The first-order chi connectivity index (χ1) is 14.0. The lowest BCUT2D eigenvalue weighted by molar-refractivity contribution is -0.116. The smallest absolute Gasteiger partial charge is 0.226 e. The van der Waals surface area contributed by atoms with Gasteiger partial charge in [0.05, 0.1) is 22.6 Å². The van der Waals surface area contributed by atoms with E-state index in [2.05, 4.69) is 38.7 Å². The van der Waals surface area contributed by atoms with Crippen molar-refractivity contribution in [1.29, 1.82) is 5.41 Å². The summed E-state index contributed by atoms with van der Waals surface area (Å²) in [6, 6.07) is 14.3. The molecule has 0 saturated heterocycles. The molecule has 6 nitrogen and oxygen atoms in total. The molecule has 0 spiro atoms. The number of aryl methyl sites for hydroxylation is 1. The molecule has 1 aliphatic heterocycles. The SMILES string of the molecule is CN/C=C(\C=N)c1cccc2cc(-c3cccc4c3N[C@H](C)CC(=O)N4)n(C)c12. The molecule has 4 rings (SSSR count). The van der Waals surface area contributed by atoms with Crippen LogP contribution in [-0.4, -0.2) is 29.8 Å². The third-order valence-corrected chi connectivity index (χ3v) is 5.32. The van der Waals surface area contributed by atoms with Gasteiger partial charge in [-0.05, 0) is 19.1 Å². The van der Waals surface area contributed by atoms with E-state index in [1.54, 1.807) is 0 Å². The molecule has 2 heterocycles. The molecular formula is C23H25N5O. The highest BCUT2D eigenvalue weighted by Gasteiger charge is 2.22. The van der Waals surface area contributed by atoms with Crippen molar-refractivity contribution >= 4 is 40.0 Å². The van der Waals surface area contributed by atoms with E-state index < -0.39 is 0 Å². The number of allylic oxidation sites excluding steroid dienone is 1. The van der Waals surface area contributed by atoms with E-state index >= 15 is 0 Å². The Kier molecular flexibility index (Phi) is 4.84. The van der Waals surface area contributed by atoms with Crippen LogP contribution >= 0.6 is 0 Å². The Morgan fingerprint density at radius 3 is 2.83 bits per heavy atom. The Hall–Kier alpha value is -3.54. The van der Waals surface area contributed by atoms with Crippen LogP contribution in [0.3, 0.4) is 0 Å². The number of nitrogens with one attached hydrogen (secondary N) is 4. The second-order valence-corrected chi connectivity index (χ2v) is 7.39. The molecule has 2 aromatic carbocycles. The number of hydrogen-bond acceptors (Lipinski definition) is 4. The van der Waals surface area contributed by atoms with E-state index in [-0.39, 0.29) is 11.9 Å². The Labute approximate surface area is 170 Å². The summed E-state index contributed by atoms with van der Waals surface area (Å²) in [6.07, 6.45) is 3.64. The average Bonchev–Trinajstić information content (AvgIpc) is 2.95. The Bertz CT molecular complexity index is 1140. The predicted octanol–water partition coefficient (Wildman–Crippen LogP) is 4.20. The van der Waals surface area contributed by atoms with Gasteiger partial charge in [0.2, 0.25) is 5.91 Å². The number of carbonyl (C=O) groups is 1. The first-order valence-electron chi connectivity index (χ1n) is 9.70. The molecular weight excluding hydrogens is 362 g/mol. The molecule has 1 aliphatic rings. The summed E-state index contributed by atoms with van der Waals surface area (Å²) in [5, 5.41) is 18.5. The van der Waals surface area contributed by atoms with Crippen molar-refractivity contribution in [2.24, 2.45) is 7.05 Å². The normalized spacial score (nSPS) is 16.6. The monoisotopic (exact) mass is 387 g/mol. The van der Waals surface area contributed by atoms with Crippen molar-refractivity contribution in [3.8, 4) is 11.3 Å². The van der Waals surface area contributed by atoms with Gasteiger partial charge in [-0.3, -0.25) is 4.79 Å². The van der Waals surface area contributed by atoms with Gasteiger partial charge in [-0.1, -0.05) is 30.3 Å². The maximum absolute atomic E-state index is 12.1. The molecule has 1 amide bonds. The summed E-state index contributed by atoms with van der Waals surface area (Å²) < 4.78 is 2.16. The summed E-state index contributed by atoms with van der Waals surface area (Å²) in [4.78, 5) is 12.1. The highest BCUT2D eigenvalue weighted by Crippen LogP contribution is 2.39. The van der Waals surface area contributed by atoms with Gasteiger partial charge in [-0.2, -0.15) is 0 Å². The second kappa shape index (κ2) is 7.47. The number of benzene rings is 2. The van der Waals surface area contributed by atoms with E-state index in [1.165, 1.54) is 6.21 Å². The van der Waals surface area contributed by atoms with Crippen LogP contribution in [0.2, 0.25) is 0 Å². The molecule has 0 radical (unpaired) electrons. The molecule has 148 valence electrons. The van der Waals surface area contributed by atoms with Gasteiger partial charge in [0, 0.05) is 61.1 Å². The van der Waals surface area contributed by atoms with Crippen LogP contribution in [-0.2, 0) is 11.8 Å². The number of rotatable bonds is 4. The largest absolute Gasteiger partial charge is 0.393 e. The van der Waals surface area contributed by atoms with Gasteiger partial charge >= 0.3 is 0 Å². The fourth-order valence-corrected chi connectivity index (χ4v) is 4.06. The van der Waals surface area contributed by atoms with Gasteiger partial charge in [0.1, 0.15) is 0 Å². The molecule has 6 heteroatoms. The number of nitrogens with zero attached hydrogens (tertiary/aromatic N) is 1. The van der Waals surface area contributed by atoms with Crippen LogP contribution in [0.5, 0.6) is 0 Å². The third-order valence-electron chi connectivity index (χ3n) is 5.32. The van der Waals surface area contributed by atoms with Crippen LogP contribution in [0.25, 0.3) is 27.7 Å². The van der Waals surface area contributed by atoms with Crippen molar-refractivity contribution in [2.75, 3.05) is 17.7 Å². The number of fused-ring (bicyclic) bond motifs is 2. The van der Waals surface area contributed by atoms with Crippen LogP contribution < -0.4 is 16.0 Å². The summed E-state index contributed by atoms with van der Waals surface area (Å²) in [5.41, 5.74) is 6.71. The third kappa shape index (κ3) is 3.27. The Balaban J connectivity index is 1.94. The summed E-state index contributed by atoms with van der Waals surface area (Å²) >= 11 is 0. The van der Waals surface area contributed by atoms with Gasteiger partial charge in [0.15, 0.2) is 0 Å². The minimum absolute atomic E-state index is 0.0213. The minimum atomic E-state index is 0.0213. The fraction of sp³-hybridized carbons (Fsp3) is 0.217. The maximum atomic E-state index is 12.1. The first-order valence-corrected chi connectivity index (χ1v) is 9.70. The van der Waals surface area contributed by atoms with E-state index in [4.69, 9.17) is 5.41 Å². The summed E-state index contributed by atoms with van der Waals surface area (Å²) in [5.74, 6) is 0.0213. The number of hydrogen-bond donors (Lipinski definition) is 4. The van der Waals surface area contributed by atoms with Gasteiger partial charge in [-0.25, -0.2) is 0 Å². The number of carbonyl (C=O) groups excluding carboxylic acids is 1. The van der Waals surface area contributed by atoms with Crippen LogP contribution in [0.1, 0.15) is 18.9 Å². The second-order valence-electron chi connectivity index (χ2n) is 7.39. The van der Waals surface area contributed by atoms with Crippen molar-refractivity contribution in [3.63, 3.8) is 0 Å². The molecule has 4 N–H and O–H groups in total. The van der Waals surface area contributed by atoms with Crippen molar-refractivity contribution in [2.45, 2.75) is 19.4 Å². The Morgan fingerprint density at radius 2 is 2.07 bits per heavy atom. The predicted molar refractivity (Wildman–Crippen MR) is 121 cm³/mol. The van der Waals surface area contributed by atoms with Crippen LogP contribution in [0.15, 0.2) is 48.7 Å². The molecule has 1 atom stereocenters. The topological polar surface area (TPSA) is 81.9 Å². The van der Waals surface area contributed by atoms with Crippen LogP contribution in [0.4, 0.5) is 11.4 Å². The molecule has 1 aromatic heterocycles. The molecule has 3 aromatic rings. The molecule has 0 bridgehead atoms. The lowest BCUT2D eigenvalue weighted by atomic mass is 10.0. The highest BCUT2D eigenvalue weighted by molar-refractivity contribution is 6.13. The van der Waals surface area contributed by atoms with Crippen LogP contribution in [0, 0.1) is 5.41 Å². The standard InChI is InChI=1S/C23H25N5O/c1-14-10-21(29)27-19-9-5-8-18(22(19)26-14)20-11-15-6-4-7-17(23(15)28(20)3)16(12-24)13-25-2/h4-9,11-14,24-26H,10H2,1-3H3,(H,27,29)/b16-13+,24-12?/t14-/m1/s1. The lowest BCUT2D eigenvalue weighted by Crippen LogP contribution is -2.19. The average molecular weight is 387 g/mol. The van der Waals surface area contributed by atoms with E-state index in [0.717, 1.165) is 44.7 Å². The molecule has 0 saturated carbocycles. The quantitative estimate of drug-likeness (QED) is 0.507. The number of aromatic nitrogens is 1. The van der Waals surface area contributed by atoms with E-state index in [1.807, 2.05) is 51.5 Å². The van der Waals surface area contributed by atoms with Crippen molar-refractivity contribution in [3.05, 3.63) is 54.2 Å². The Morgan fingerprint density at radius 1 is 1.28 bits per heavy atom. The van der Waals surface area contributed by atoms with Gasteiger partial charge in [-0.15, -0.1) is 0 Å². The molecule has 29 heavy (non-hydrogen) atoms. The number of amides is 1. The highest BCUT2D eigenvalue weighted by atomic mass is 16.1. The lowest BCUT2D eigenvalue weighted by Gasteiger charge is -2.17. The van der Waals surface area contributed by atoms with Gasteiger partial charge < -0.3 is 25.9 Å². The summed E-state index contributed by atoms with van der Waals surface area (Å²) in [7, 11) is 3.88. The number of anilines is 2. The zero-order chi connectivity index (χ0) is 20.5. The first kappa shape index (κ1) is 18.8. The molecule has 0 aliphatic carbocycles. The van der Waals surface area contributed by atoms with E-state index in [0.29, 0.717) is 6.42 Å². The zero-order valence-corrected chi connectivity index (χ0v) is 16.8. The maximum Gasteiger partial charge on any atom is 0.226 e. The zero-order valence-electron chi connectivity index (χ0n) is 16.8. The number of para-hydroxylation sites is 2. The van der Waals surface area contributed by atoms with Crippen molar-refractivity contribution in [1.82, 2.24) is 9.88 Å². The minimum Gasteiger partial charge on any atom is -0.393 e. The van der Waals surface area contributed by atoms with E-state index in [9.17, 15) is 4.79 Å². The molecule has 0 fully saturated rings. The fourth-order valence-electron chi connectivity index (χ4n) is 4.06. The van der Waals surface area contributed by atoms with Crippen molar-refractivity contribution < 1.29 is 4.79 Å². The van der Waals surface area contributed by atoms with Gasteiger partial charge in [0.25, 0.3) is 0 Å². The molecule has 0 unspecified atom stereocenters.